The molecule has 1 aliphatic heterocycles. The van der Waals surface area contributed by atoms with Gasteiger partial charge in [0.25, 0.3) is 0 Å². The molecule has 3 rings (SSSR count). The quantitative estimate of drug-likeness (QED) is 0.912. The minimum Gasteiger partial charge on any atom is -0.342 e. The topological polar surface area (TPSA) is 79.7 Å². The highest BCUT2D eigenvalue weighted by Gasteiger charge is 2.26. The Morgan fingerprint density at radius 2 is 2.30 bits per heavy atom. The van der Waals surface area contributed by atoms with Crippen molar-refractivity contribution in [2.75, 3.05) is 13.1 Å². The average Bonchev–Trinajstić information content (AvgIpc) is 3.17. The van der Waals surface area contributed by atoms with Gasteiger partial charge in [-0.3, -0.25) is 14.6 Å². The number of hydrogen-bond acceptors (Lipinski definition) is 4. The molecule has 2 aromatic heterocycles. The first-order valence-electron chi connectivity index (χ1n) is 8.27. The van der Waals surface area contributed by atoms with Crippen LogP contribution in [0.5, 0.6) is 0 Å². The molecule has 0 aromatic carbocycles. The van der Waals surface area contributed by atoms with Crippen LogP contribution in [0.1, 0.15) is 48.8 Å². The van der Waals surface area contributed by atoms with Gasteiger partial charge in [-0.25, -0.2) is 4.98 Å². The Morgan fingerprint density at radius 1 is 1.43 bits per heavy atom. The molecule has 0 aliphatic carbocycles. The summed E-state index contributed by atoms with van der Waals surface area (Å²) in [5.74, 6) is 1.41. The molecule has 1 saturated heterocycles. The Morgan fingerprint density at radius 3 is 3.00 bits per heavy atom. The molecule has 0 radical (unpaired) electrons. The van der Waals surface area contributed by atoms with Gasteiger partial charge < -0.3 is 4.90 Å². The molecule has 1 fully saturated rings. The second-order valence-corrected chi connectivity index (χ2v) is 6.30. The van der Waals surface area contributed by atoms with Gasteiger partial charge in [0.2, 0.25) is 5.91 Å². The third kappa shape index (κ3) is 3.78. The lowest BCUT2D eigenvalue weighted by molar-refractivity contribution is -0.132. The van der Waals surface area contributed by atoms with Gasteiger partial charge in [-0.15, -0.1) is 0 Å². The molecule has 0 saturated carbocycles. The zero-order chi connectivity index (χ0) is 16.2. The van der Waals surface area contributed by atoms with Crippen LogP contribution in [0.25, 0.3) is 0 Å². The number of aromatic amines is 1. The average molecular weight is 316 g/mol. The molecule has 3 heterocycles. The van der Waals surface area contributed by atoms with Crippen molar-refractivity contribution in [2.45, 2.75) is 52.0 Å². The number of nitrogens with one attached hydrogen (secondary N) is 1. The summed E-state index contributed by atoms with van der Waals surface area (Å²) in [5, 5.41) is 11.3. The fraction of sp³-hybridized carbons (Fsp3) is 0.625. The van der Waals surface area contributed by atoms with Crippen molar-refractivity contribution in [3.63, 3.8) is 0 Å². The maximum atomic E-state index is 12.4. The molecular formula is C16H24N6O. The fourth-order valence-electron chi connectivity index (χ4n) is 3.28. The minimum atomic E-state index is 0.232. The van der Waals surface area contributed by atoms with Gasteiger partial charge in [-0.1, -0.05) is 0 Å². The molecule has 0 spiro atoms. The molecule has 124 valence electrons. The van der Waals surface area contributed by atoms with Gasteiger partial charge in [0.05, 0.1) is 5.69 Å². The molecule has 1 N–H and O–H groups in total. The predicted molar refractivity (Wildman–Crippen MR) is 85.9 cm³/mol. The van der Waals surface area contributed by atoms with Crippen LogP contribution in [0.15, 0.2) is 12.4 Å². The van der Waals surface area contributed by atoms with E-state index in [1.54, 1.807) is 0 Å². The molecular weight excluding hydrogens is 292 g/mol. The van der Waals surface area contributed by atoms with Crippen molar-refractivity contribution in [3.8, 4) is 0 Å². The number of hydrogen-bond donors (Lipinski definition) is 1. The van der Waals surface area contributed by atoms with Crippen LogP contribution in [0, 0.1) is 13.8 Å². The Bertz CT molecular complexity index is 648. The van der Waals surface area contributed by atoms with Gasteiger partial charge in [-0.2, -0.15) is 10.2 Å². The van der Waals surface area contributed by atoms with Gasteiger partial charge >= 0.3 is 0 Å². The van der Waals surface area contributed by atoms with Crippen LogP contribution in [-0.2, 0) is 11.3 Å². The second kappa shape index (κ2) is 6.93. The number of rotatable bonds is 5. The highest BCUT2D eigenvalue weighted by Crippen LogP contribution is 2.24. The van der Waals surface area contributed by atoms with E-state index in [0.717, 1.165) is 56.1 Å². The Hall–Kier alpha value is -2.18. The van der Waals surface area contributed by atoms with Crippen molar-refractivity contribution in [1.29, 1.82) is 0 Å². The third-order valence-electron chi connectivity index (χ3n) is 4.46. The summed E-state index contributed by atoms with van der Waals surface area (Å²) < 4.78 is 1.98. The van der Waals surface area contributed by atoms with Gasteiger partial charge in [0.1, 0.15) is 12.2 Å². The zero-order valence-electron chi connectivity index (χ0n) is 13.8. The first kappa shape index (κ1) is 15.7. The lowest BCUT2D eigenvalue weighted by Crippen LogP contribution is -2.39. The van der Waals surface area contributed by atoms with Crippen LogP contribution < -0.4 is 0 Å². The maximum Gasteiger partial charge on any atom is 0.222 e. The van der Waals surface area contributed by atoms with E-state index in [1.807, 2.05) is 16.5 Å². The number of piperidine rings is 1. The van der Waals surface area contributed by atoms with Gasteiger partial charge in [0.15, 0.2) is 0 Å². The normalized spacial score (nSPS) is 18.3. The molecule has 1 amide bonds. The number of nitrogens with zero attached hydrogens (tertiary/aromatic N) is 5. The summed E-state index contributed by atoms with van der Waals surface area (Å²) in [7, 11) is 0. The number of carbonyl (C=O) groups is 1. The molecule has 1 atom stereocenters. The van der Waals surface area contributed by atoms with Crippen molar-refractivity contribution < 1.29 is 4.79 Å². The van der Waals surface area contributed by atoms with E-state index in [-0.39, 0.29) is 11.8 Å². The number of H-pyrrole nitrogens is 1. The molecule has 7 nitrogen and oxygen atoms in total. The van der Waals surface area contributed by atoms with Crippen molar-refractivity contribution in [2.24, 2.45) is 0 Å². The number of aromatic nitrogens is 5. The summed E-state index contributed by atoms with van der Waals surface area (Å²) >= 11 is 0. The summed E-state index contributed by atoms with van der Waals surface area (Å²) in [5.41, 5.74) is 2.18. The van der Waals surface area contributed by atoms with E-state index >= 15 is 0 Å². The highest BCUT2D eigenvalue weighted by molar-refractivity contribution is 5.76. The lowest BCUT2D eigenvalue weighted by Gasteiger charge is -2.31. The summed E-state index contributed by atoms with van der Waals surface area (Å²) in [4.78, 5) is 18.6. The number of carbonyl (C=O) groups excluding carboxylic acids is 1. The number of likely N-dealkylation sites (tertiary alicyclic amines) is 1. The third-order valence-corrected chi connectivity index (χ3v) is 4.46. The second-order valence-electron chi connectivity index (χ2n) is 6.30. The predicted octanol–water partition coefficient (Wildman–Crippen LogP) is 1.80. The number of amides is 1. The van der Waals surface area contributed by atoms with Crippen LogP contribution >= 0.6 is 0 Å². The largest absolute Gasteiger partial charge is 0.342 e. The monoisotopic (exact) mass is 316 g/mol. The Labute approximate surface area is 136 Å². The molecule has 7 heteroatoms. The summed E-state index contributed by atoms with van der Waals surface area (Å²) in [6, 6.07) is 2.06. The van der Waals surface area contributed by atoms with E-state index in [9.17, 15) is 4.79 Å². The first-order valence-corrected chi connectivity index (χ1v) is 8.27. The Balaban J connectivity index is 1.49. The van der Waals surface area contributed by atoms with Crippen LogP contribution in [0.3, 0.4) is 0 Å². The summed E-state index contributed by atoms with van der Waals surface area (Å²) in [6.45, 7) is 6.43. The standard InChI is InChI=1S/C16H24N6O/c1-12-9-13(2)22(20-12)8-4-6-15(23)21-7-3-5-14(10-21)16-17-11-18-19-16/h9,11,14H,3-8,10H2,1-2H3,(H,17,18,19)/t14-/m1/s1. The van der Waals surface area contributed by atoms with Crippen LogP contribution in [-0.4, -0.2) is 48.9 Å². The Kier molecular flexibility index (Phi) is 4.73. The van der Waals surface area contributed by atoms with Crippen LogP contribution in [0.4, 0.5) is 0 Å². The highest BCUT2D eigenvalue weighted by atomic mass is 16.2. The van der Waals surface area contributed by atoms with Crippen LogP contribution in [0.2, 0.25) is 0 Å². The molecule has 0 unspecified atom stereocenters. The van der Waals surface area contributed by atoms with Gasteiger partial charge in [0, 0.05) is 37.7 Å². The molecule has 1 aliphatic rings. The van der Waals surface area contributed by atoms with Crippen molar-refractivity contribution in [1.82, 2.24) is 29.9 Å². The molecule has 23 heavy (non-hydrogen) atoms. The zero-order valence-corrected chi connectivity index (χ0v) is 13.8. The first-order chi connectivity index (χ1) is 11.1. The smallest absolute Gasteiger partial charge is 0.222 e. The maximum absolute atomic E-state index is 12.4. The number of aryl methyl sites for hydroxylation is 3. The SMILES string of the molecule is Cc1cc(C)n(CCCC(=O)N2CCC[C@@H](c3ncn[nH]3)C2)n1. The lowest BCUT2D eigenvalue weighted by atomic mass is 9.97. The van der Waals surface area contributed by atoms with Crippen molar-refractivity contribution in [3.05, 3.63) is 29.6 Å². The fourth-order valence-corrected chi connectivity index (χ4v) is 3.28. The van der Waals surface area contributed by atoms with E-state index in [0.29, 0.717) is 6.42 Å². The molecule has 2 aromatic rings. The van der Waals surface area contributed by atoms with Gasteiger partial charge in [-0.05, 0) is 39.2 Å². The molecule has 0 bridgehead atoms. The van der Waals surface area contributed by atoms with E-state index in [2.05, 4.69) is 33.3 Å². The van der Waals surface area contributed by atoms with E-state index < -0.39 is 0 Å². The van der Waals surface area contributed by atoms with E-state index in [4.69, 9.17) is 0 Å². The summed E-state index contributed by atoms with van der Waals surface area (Å²) in [6.07, 6.45) is 5.01. The van der Waals surface area contributed by atoms with Crippen molar-refractivity contribution >= 4 is 5.91 Å². The van der Waals surface area contributed by atoms with E-state index in [1.165, 1.54) is 6.33 Å². The minimum absolute atomic E-state index is 0.232.